The first-order valence-electron chi connectivity index (χ1n) is 9.97. The van der Waals surface area contributed by atoms with Gasteiger partial charge in [0.05, 0.1) is 5.75 Å². The third-order valence-corrected chi connectivity index (χ3v) is 6.42. The summed E-state index contributed by atoms with van der Waals surface area (Å²) in [5, 5.41) is 4.15. The summed E-state index contributed by atoms with van der Waals surface area (Å²) in [6.45, 7) is 6.14. The smallest absolute Gasteiger partial charge is 0.242 e. The molecule has 0 saturated heterocycles. The van der Waals surface area contributed by atoms with E-state index in [9.17, 15) is 9.59 Å². The maximum atomic E-state index is 13.0. The summed E-state index contributed by atoms with van der Waals surface area (Å²) in [5.41, 5.74) is 1.91. The molecule has 0 heterocycles. The molecule has 2 rings (SSSR count). The highest BCUT2D eigenvalue weighted by Crippen LogP contribution is 2.25. The zero-order valence-electron chi connectivity index (χ0n) is 17.5. The van der Waals surface area contributed by atoms with Crippen LogP contribution in [0.1, 0.15) is 38.3 Å². The lowest BCUT2D eigenvalue weighted by Crippen LogP contribution is -2.50. The standard InChI is InChI=1S/C23H28Cl2N2O2S/c1-4-16(2)26-23(29)17(3)27(13-18-8-6-5-7-9-18)22(28)15-30-14-19-10-11-20(24)12-21(19)25/h5-12,16-17H,4,13-15H2,1-3H3,(H,26,29)/t16-,17-/m0/s1. The first-order chi connectivity index (χ1) is 14.3. The van der Waals surface area contributed by atoms with Crippen LogP contribution >= 0.6 is 35.0 Å². The summed E-state index contributed by atoms with van der Waals surface area (Å²) in [4.78, 5) is 27.4. The van der Waals surface area contributed by atoms with Gasteiger partial charge in [-0.3, -0.25) is 9.59 Å². The maximum Gasteiger partial charge on any atom is 0.242 e. The van der Waals surface area contributed by atoms with E-state index in [2.05, 4.69) is 5.32 Å². The second-order valence-electron chi connectivity index (χ2n) is 7.23. The molecule has 0 fully saturated rings. The second kappa shape index (κ2) is 12.2. The van der Waals surface area contributed by atoms with Gasteiger partial charge in [-0.2, -0.15) is 0 Å². The van der Waals surface area contributed by atoms with Crippen molar-refractivity contribution < 1.29 is 9.59 Å². The Kier molecular flexibility index (Phi) is 10.0. The molecule has 0 aliphatic rings. The molecule has 2 aromatic carbocycles. The van der Waals surface area contributed by atoms with Crippen LogP contribution in [0.3, 0.4) is 0 Å². The molecular weight excluding hydrogens is 439 g/mol. The summed E-state index contributed by atoms with van der Waals surface area (Å²) in [5.74, 6) is 0.626. The van der Waals surface area contributed by atoms with Gasteiger partial charge in [-0.05, 0) is 43.5 Å². The van der Waals surface area contributed by atoms with Crippen LogP contribution in [0, 0.1) is 0 Å². The van der Waals surface area contributed by atoms with Crippen molar-refractivity contribution in [3.63, 3.8) is 0 Å². The molecule has 7 heteroatoms. The largest absolute Gasteiger partial charge is 0.352 e. The predicted molar refractivity (Wildman–Crippen MR) is 127 cm³/mol. The number of carbonyl (C=O) groups is 2. The maximum absolute atomic E-state index is 13.0. The minimum absolute atomic E-state index is 0.0649. The molecule has 4 nitrogen and oxygen atoms in total. The number of benzene rings is 2. The predicted octanol–water partition coefficient (Wildman–Crippen LogP) is 5.56. The Bertz CT molecular complexity index is 848. The highest BCUT2D eigenvalue weighted by Gasteiger charge is 2.26. The quantitative estimate of drug-likeness (QED) is 0.498. The van der Waals surface area contributed by atoms with Gasteiger partial charge in [-0.15, -0.1) is 11.8 Å². The monoisotopic (exact) mass is 466 g/mol. The lowest BCUT2D eigenvalue weighted by atomic mass is 10.1. The molecule has 162 valence electrons. The molecule has 2 atom stereocenters. The number of hydrogen-bond acceptors (Lipinski definition) is 3. The van der Waals surface area contributed by atoms with Gasteiger partial charge < -0.3 is 10.2 Å². The Hall–Kier alpha value is -1.69. The van der Waals surface area contributed by atoms with Crippen LogP contribution in [0.4, 0.5) is 0 Å². The van der Waals surface area contributed by atoms with Crippen LogP contribution in [-0.4, -0.2) is 34.6 Å². The summed E-state index contributed by atoms with van der Waals surface area (Å²) < 4.78 is 0. The van der Waals surface area contributed by atoms with Gasteiger partial charge in [-0.1, -0.05) is 66.5 Å². The van der Waals surface area contributed by atoms with Gasteiger partial charge in [0.2, 0.25) is 11.8 Å². The van der Waals surface area contributed by atoms with Gasteiger partial charge in [0.15, 0.2) is 0 Å². The minimum Gasteiger partial charge on any atom is -0.352 e. The molecule has 0 bridgehead atoms. The third kappa shape index (κ3) is 7.53. The molecule has 2 aromatic rings. The second-order valence-corrected chi connectivity index (χ2v) is 9.06. The van der Waals surface area contributed by atoms with Crippen molar-refractivity contribution in [2.24, 2.45) is 0 Å². The van der Waals surface area contributed by atoms with E-state index in [1.54, 1.807) is 24.0 Å². The Morgan fingerprint density at radius 3 is 2.43 bits per heavy atom. The van der Waals surface area contributed by atoms with Gasteiger partial charge >= 0.3 is 0 Å². The van der Waals surface area contributed by atoms with Crippen molar-refractivity contribution in [1.29, 1.82) is 0 Å². The average Bonchev–Trinajstić information content (AvgIpc) is 2.73. The molecule has 0 radical (unpaired) electrons. The molecule has 0 aliphatic heterocycles. The molecule has 0 aromatic heterocycles. The SMILES string of the molecule is CC[C@H](C)NC(=O)[C@H](C)N(Cc1ccccc1)C(=O)CSCc1ccc(Cl)cc1Cl. The number of carbonyl (C=O) groups excluding carboxylic acids is 2. The Balaban J connectivity index is 2.06. The Morgan fingerprint density at radius 2 is 1.80 bits per heavy atom. The zero-order chi connectivity index (χ0) is 22.1. The molecule has 0 aliphatic carbocycles. The van der Waals surface area contributed by atoms with E-state index in [1.165, 1.54) is 11.8 Å². The van der Waals surface area contributed by atoms with E-state index in [0.717, 1.165) is 17.5 Å². The van der Waals surface area contributed by atoms with E-state index in [1.807, 2.05) is 50.2 Å². The van der Waals surface area contributed by atoms with Crippen LogP contribution < -0.4 is 5.32 Å². The summed E-state index contributed by atoms with van der Waals surface area (Å²) in [7, 11) is 0. The topological polar surface area (TPSA) is 49.4 Å². The Morgan fingerprint density at radius 1 is 1.10 bits per heavy atom. The summed E-state index contributed by atoms with van der Waals surface area (Å²) in [6, 6.07) is 14.6. The van der Waals surface area contributed by atoms with E-state index in [4.69, 9.17) is 23.2 Å². The van der Waals surface area contributed by atoms with Gasteiger partial charge in [0, 0.05) is 28.4 Å². The van der Waals surface area contributed by atoms with Crippen LogP contribution in [0.5, 0.6) is 0 Å². The van der Waals surface area contributed by atoms with Gasteiger partial charge in [0.1, 0.15) is 6.04 Å². The van der Waals surface area contributed by atoms with Gasteiger partial charge in [0.25, 0.3) is 0 Å². The minimum atomic E-state index is -0.563. The molecule has 30 heavy (non-hydrogen) atoms. The fourth-order valence-electron chi connectivity index (χ4n) is 2.80. The van der Waals surface area contributed by atoms with Gasteiger partial charge in [-0.25, -0.2) is 0 Å². The average molecular weight is 467 g/mol. The summed E-state index contributed by atoms with van der Waals surface area (Å²) in [6.07, 6.45) is 0.836. The fraction of sp³-hybridized carbons (Fsp3) is 0.391. The van der Waals surface area contributed by atoms with Crippen molar-refractivity contribution in [3.05, 3.63) is 69.7 Å². The molecule has 1 N–H and O–H groups in total. The lowest BCUT2D eigenvalue weighted by molar-refractivity contribution is -0.138. The fourth-order valence-corrected chi connectivity index (χ4v) is 4.27. The molecule has 0 spiro atoms. The summed E-state index contributed by atoms with van der Waals surface area (Å²) >= 11 is 13.6. The van der Waals surface area contributed by atoms with Crippen molar-refractivity contribution in [2.45, 2.75) is 51.6 Å². The van der Waals surface area contributed by atoms with Crippen LogP contribution in [0.2, 0.25) is 10.0 Å². The highest BCUT2D eigenvalue weighted by molar-refractivity contribution is 7.99. The molecular formula is C23H28Cl2N2O2S. The third-order valence-electron chi connectivity index (χ3n) is 4.86. The van der Waals surface area contributed by atoms with Crippen LogP contribution in [-0.2, 0) is 21.9 Å². The number of thioether (sulfide) groups is 1. The first kappa shape index (κ1) is 24.6. The first-order valence-corrected chi connectivity index (χ1v) is 11.9. The lowest BCUT2D eigenvalue weighted by Gasteiger charge is -2.29. The number of nitrogens with zero attached hydrogens (tertiary/aromatic N) is 1. The Labute approximate surface area is 193 Å². The number of hydrogen-bond donors (Lipinski definition) is 1. The number of amides is 2. The number of nitrogens with one attached hydrogen (secondary N) is 1. The molecule has 2 amide bonds. The zero-order valence-corrected chi connectivity index (χ0v) is 19.9. The normalized spacial score (nSPS) is 12.8. The van der Waals surface area contributed by atoms with Crippen LogP contribution in [0.25, 0.3) is 0 Å². The van der Waals surface area contributed by atoms with E-state index in [0.29, 0.717) is 22.3 Å². The van der Waals surface area contributed by atoms with E-state index < -0.39 is 6.04 Å². The highest BCUT2D eigenvalue weighted by atomic mass is 35.5. The van der Waals surface area contributed by atoms with Crippen molar-refractivity contribution in [2.75, 3.05) is 5.75 Å². The van der Waals surface area contributed by atoms with Crippen molar-refractivity contribution in [3.8, 4) is 0 Å². The number of halogens is 2. The van der Waals surface area contributed by atoms with Crippen LogP contribution in [0.15, 0.2) is 48.5 Å². The van der Waals surface area contributed by atoms with Crippen molar-refractivity contribution >= 4 is 46.8 Å². The van der Waals surface area contributed by atoms with E-state index >= 15 is 0 Å². The van der Waals surface area contributed by atoms with Crippen molar-refractivity contribution in [1.82, 2.24) is 10.2 Å². The molecule has 0 unspecified atom stereocenters. The number of rotatable bonds is 10. The van der Waals surface area contributed by atoms with E-state index in [-0.39, 0.29) is 23.6 Å². The molecule has 0 saturated carbocycles.